The van der Waals surface area contributed by atoms with Crippen molar-refractivity contribution in [2.45, 2.75) is 26.4 Å². The number of nitrogens with zero attached hydrogens (tertiary/aromatic N) is 2. The number of nitro groups is 1. The summed E-state index contributed by atoms with van der Waals surface area (Å²) in [6.45, 7) is 2.08. The van der Waals surface area contributed by atoms with E-state index in [2.05, 4.69) is 15.8 Å². The predicted octanol–water partition coefficient (Wildman–Crippen LogP) is 4.35. The van der Waals surface area contributed by atoms with E-state index in [1.165, 1.54) is 18.3 Å². The molecular weight excluding hydrogens is 436 g/mol. The zero-order chi connectivity index (χ0) is 24.3. The third kappa shape index (κ3) is 7.27. The molecule has 2 N–H and O–H groups in total. The lowest BCUT2D eigenvalue weighted by Gasteiger charge is -2.08. The Morgan fingerprint density at radius 3 is 2.44 bits per heavy atom. The van der Waals surface area contributed by atoms with E-state index in [1.54, 1.807) is 12.1 Å². The van der Waals surface area contributed by atoms with E-state index in [-0.39, 0.29) is 36.8 Å². The molecule has 9 heteroatoms. The van der Waals surface area contributed by atoms with Gasteiger partial charge in [0.25, 0.3) is 0 Å². The molecule has 0 saturated carbocycles. The molecule has 0 heterocycles. The van der Waals surface area contributed by atoms with Crippen LogP contribution in [-0.4, -0.2) is 23.0 Å². The first-order valence-electron chi connectivity index (χ1n) is 10.5. The van der Waals surface area contributed by atoms with E-state index in [4.69, 9.17) is 4.74 Å². The number of hydrazone groups is 1. The summed E-state index contributed by atoms with van der Waals surface area (Å²) in [6.07, 6.45) is 1.23. The van der Waals surface area contributed by atoms with E-state index < -0.39 is 10.8 Å². The topological polar surface area (TPSA) is 123 Å². The number of ether oxygens (including phenoxy) is 1. The number of aryl methyl sites for hydroxylation is 1. The Balaban J connectivity index is 1.50. The van der Waals surface area contributed by atoms with Gasteiger partial charge in [-0.2, -0.15) is 5.10 Å². The van der Waals surface area contributed by atoms with E-state index in [0.29, 0.717) is 11.3 Å². The number of para-hydroxylation sites is 1. The summed E-state index contributed by atoms with van der Waals surface area (Å²) in [5.74, 6) is -0.599. The third-order valence-corrected chi connectivity index (χ3v) is 4.82. The summed E-state index contributed by atoms with van der Waals surface area (Å²) in [6, 6.07) is 21.1. The van der Waals surface area contributed by atoms with Crippen molar-refractivity contribution in [2.75, 3.05) is 5.32 Å². The van der Waals surface area contributed by atoms with Gasteiger partial charge >= 0.3 is 5.69 Å². The Labute approximate surface area is 196 Å². The quantitative estimate of drug-likeness (QED) is 0.264. The average molecular weight is 460 g/mol. The first kappa shape index (κ1) is 24.1. The summed E-state index contributed by atoms with van der Waals surface area (Å²) in [5, 5.41) is 18.0. The number of carbonyl (C=O) groups excluding carboxylic acids is 2. The maximum atomic E-state index is 12.0. The van der Waals surface area contributed by atoms with Gasteiger partial charge < -0.3 is 10.1 Å². The Bertz CT molecular complexity index is 1190. The lowest BCUT2D eigenvalue weighted by molar-refractivity contribution is -0.385. The Morgan fingerprint density at radius 2 is 1.71 bits per heavy atom. The average Bonchev–Trinajstić information content (AvgIpc) is 2.84. The highest BCUT2D eigenvalue weighted by Crippen LogP contribution is 2.28. The van der Waals surface area contributed by atoms with Crippen LogP contribution in [0.4, 0.5) is 11.4 Å². The second kappa shape index (κ2) is 11.9. The molecule has 2 amide bonds. The number of anilines is 1. The second-order valence-electron chi connectivity index (χ2n) is 7.41. The maximum Gasteiger partial charge on any atom is 0.311 e. The van der Waals surface area contributed by atoms with Crippen molar-refractivity contribution >= 4 is 29.4 Å². The second-order valence-corrected chi connectivity index (χ2v) is 7.41. The van der Waals surface area contributed by atoms with Gasteiger partial charge in [-0.05, 0) is 36.2 Å². The van der Waals surface area contributed by atoms with Crippen LogP contribution in [0.3, 0.4) is 0 Å². The summed E-state index contributed by atoms with van der Waals surface area (Å²) >= 11 is 0. The molecule has 0 bridgehead atoms. The van der Waals surface area contributed by atoms with E-state index in [1.807, 2.05) is 55.5 Å². The highest BCUT2D eigenvalue weighted by Gasteiger charge is 2.16. The van der Waals surface area contributed by atoms with Gasteiger partial charge in [-0.15, -0.1) is 0 Å². The highest BCUT2D eigenvalue weighted by atomic mass is 16.6. The zero-order valence-corrected chi connectivity index (χ0v) is 18.6. The summed E-state index contributed by atoms with van der Waals surface area (Å²) in [5.41, 5.74) is 5.04. The highest BCUT2D eigenvalue weighted by molar-refractivity contribution is 5.94. The van der Waals surface area contributed by atoms with Crippen LogP contribution in [0.5, 0.6) is 5.75 Å². The normalized spacial score (nSPS) is 10.6. The van der Waals surface area contributed by atoms with Crippen LogP contribution < -0.4 is 15.5 Å². The largest absolute Gasteiger partial charge is 0.482 e. The molecule has 0 atom stereocenters. The van der Waals surface area contributed by atoms with E-state index in [9.17, 15) is 19.7 Å². The number of carbonyl (C=O) groups is 2. The van der Waals surface area contributed by atoms with Crippen LogP contribution in [-0.2, 0) is 16.2 Å². The molecule has 174 valence electrons. The molecule has 3 aromatic carbocycles. The Hall–Kier alpha value is -4.53. The van der Waals surface area contributed by atoms with Gasteiger partial charge in [-0.3, -0.25) is 19.7 Å². The smallest absolute Gasteiger partial charge is 0.311 e. The van der Waals surface area contributed by atoms with Crippen molar-refractivity contribution in [1.29, 1.82) is 0 Å². The van der Waals surface area contributed by atoms with E-state index in [0.717, 1.165) is 11.1 Å². The van der Waals surface area contributed by atoms with Gasteiger partial charge in [0.15, 0.2) is 5.75 Å². The molecular formula is C25H24N4O5. The molecule has 0 aliphatic heterocycles. The number of benzene rings is 3. The minimum atomic E-state index is -0.538. The fraction of sp³-hybridized carbons (Fsp3) is 0.160. The molecule has 0 aliphatic carbocycles. The number of amides is 2. The van der Waals surface area contributed by atoms with Crippen LogP contribution >= 0.6 is 0 Å². The van der Waals surface area contributed by atoms with Crippen LogP contribution in [0.25, 0.3) is 0 Å². The number of nitrogens with one attached hydrogen (secondary N) is 2. The standard InChI is InChI=1S/C25H24N4O5/c1-18-7-5-6-10-21(18)27-24(30)13-14-25(31)28-26-16-20-11-12-23(22(15-20)29(32)33)34-17-19-8-3-2-4-9-19/h2-12,15-16H,13-14,17H2,1H3,(H,27,30)(H,28,31). The van der Waals surface area contributed by atoms with Gasteiger partial charge in [0.1, 0.15) is 6.61 Å². The van der Waals surface area contributed by atoms with E-state index >= 15 is 0 Å². The van der Waals surface area contributed by atoms with Gasteiger partial charge in [-0.25, -0.2) is 5.43 Å². The minimum Gasteiger partial charge on any atom is -0.482 e. The first-order chi connectivity index (χ1) is 16.4. The molecule has 0 radical (unpaired) electrons. The van der Waals surface area contributed by atoms with Crippen molar-refractivity contribution in [1.82, 2.24) is 5.43 Å². The molecule has 0 unspecified atom stereocenters. The minimum absolute atomic E-state index is 0.00535. The number of hydrogen-bond acceptors (Lipinski definition) is 6. The molecule has 3 rings (SSSR count). The van der Waals surface area contributed by atoms with Crippen molar-refractivity contribution in [3.05, 3.63) is 99.6 Å². The Morgan fingerprint density at radius 1 is 1.00 bits per heavy atom. The fourth-order valence-electron chi connectivity index (χ4n) is 3.00. The molecule has 0 aromatic heterocycles. The summed E-state index contributed by atoms with van der Waals surface area (Å²) < 4.78 is 5.59. The molecule has 0 aliphatic rings. The number of hydrogen-bond donors (Lipinski definition) is 2. The molecule has 0 spiro atoms. The number of rotatable bonds is 10. The molecule has 9 nitrogen and oxygen atoms in total. The van der Waals surface area contributed by atoms with Crippen LogP contribution in [0.15, 0.2) is 77.9 Å². The zero-order valence-electron chi connectivity index (χ0n) is 18.6. The van der Waals surface area contributed by atoms with Crippen molar-refractivity contribution in [3.63, 3.8) is 0 Å². The maximum absolute atomic E-state index is 12.0. The van der Waals surface area contributed by atoms with Crippen LogP contribution in [0.1, 0.15) is 29.5 Å². The summed E-state index contributed by atoms with van der Waals surface area (Å²) in [7, 11) is 0. The lowest BCUT2D eigenvalue weighted by atomic mass is 10.2. The lowest BCUT2D eigenvalue weighted by Crippen LogP contribution is -2.20. The van der Waals surface area contributed by atoms with Crippen molar-refractivity contribution < 1.29 is 19.2 Å². The molecule has 0 saturated heterocycles. The van der Waals surface area contributed by atoms with Crippen LogP contribution in [0.2, 0.25) is 0 Å². The van der Waals surface area contributed by atoms with Gasteiger partial charge in [0, 0.05) is 30.2 Å². The molecule has 0 fully saturated rings. The van der Waals surface area contributed by atoms with Gasteiger partial charge in [0.2, 0.25) is 11.8 Å². The fourth-order valence-corrected chi connectivity index (χ4v) is 3.00. The third-order valence-electron chi connectivity index (χ3n) is 4.82. The van der Waals surface area contributed by atoms with Crippen molar-refractivity contribution in [2.24, 2.45) is 5.10 Å². The Kier molecular flexibility index (Phi) is 8.45. The van der Waals surface area contributed by atoms with Crippen LogP contribution in [0, 0.1) is 17.0 Å². The van der Waals surface area contributed by atoms with Gasteiger partial charge in [0.05, 0.1) is 11.1 Å². The molecule has 34 heavy (non-hydrogen) atoms. The number of nitro benzene ring substituents is 1. The monoisotopic (exact) mass is 460 g/mol. The molecule has 3 aromatic rings. The summed E-state index contributed by atoms with van der Waals surface area (Å²) in [4.78, 5) is 34.9. The predicted molar refractivity (Wildman–Crippen MR) is 129 cm³/mol. The van der Waals surface area contributed by atoms with Crippen molar-refractivity contribution in [3.8, 4) is 5.75 Å². The van der Waals surface area contributed by atoms with Gasteiger partial charge in [-0.1, -0.05) is 48.5 Å². The SMILES string of the molecule is Cc1ccccc1NC(=O)CCC(=O)NN=Cc1ccc(OCc2ccccc2)c([N+](=O)[O-])c1. The first-order valence-corrected chi connectivity index (χ1v) is 10.5.